The van der Waals surface area contributed by atoms with E-state index in [0.717, 1.165) is 24.5 Å². The molecule has 1 aliphatic rings. The molecule has 1 atom stereocenters. The highest BCUT2D eigenvalue weighted by Gasteiger charge is 2.24. The molecule has 1 amide bonds. The zero-order chi connectivity index (χ0) is 13.9. The van der Waals surface area contributed by atoms with Crippen LogP contribution in [0.25, 0.3) is 0 Å². The van der Waals surface area contributed by atoms with Crippen LogP contribution in [-0.2, 0) is 11.3 Å². The van der Waals surface area contributed by atoms with Crippen molar-refractivity contribution in [3.8, 4) is 0 Å². The van der Waals surface area contributed by atoms with Crippen molar-refractivity contribution < 1.29 is 4.79 Å². The van der Waals surface area contributed by atoms with Gasteiger partial charge in [-0.1, -0.05) is 18.2 Å². The van der Waals surface area contributed by atoms with Crippen molar-refractivity contribution in [2.24, 2.45) is 0 Å². The molecule has 1 aromatic carbocycles. The first-order valence-electron chi connectivity index (χ1n) is 6.91. The second-order valence-electron chi connectivity index (χ2n) is 5.00. The molecule has 1 aromatic heterocycles. The van der Waals surface area contributed by atoms with Gasteiger partial charge in [0, 0.05) is 37.3 Å². The van der Waals surface area contributed by atoms with Crippen molar-refractivity contribution in [2.75, 3.05) is 17.2 Å². The summed E-state index contributed by atoms with van der Waals surface area (Å²) in [6.45, 7) is 3.64. The Balaban J connectivity index is 1.62. The van der Waals surface area contributed by atoms with E-state index < -0.39 is 0 Å². The minimum Gasteiger partial charge on any atom is -0.384 e. The number of fused-ring (bicyclic) bond motifs is 1. The lowest BCUT2D eigenvalue weighted by atomic mass is 9.97. The van der Waals surface area contributed by atoms with Gasteiger partial charge in [-0.25, -0.2) is 0 Å². The maximum Gasteiger partial charge on any atom is 0.225 e. The van der Waals surface area contributed by atoms with Gasteiger partial charge in [0.15, 0.2) is 0 Å². The highest BCUT2D eigenvalue weighted by Crippen LogP contribution is 2.33. The van der Waals surface area contributed by atoms with E-state index in [1.54, 1.807) is 10.9 Å². The van der Waals surface area contributed by atoms with Crippen LogP contribution in [0.15, 0.2) is 36.7 Å². The SMILES string of the molecule is CCn1cc(NC(=O)CC2CNc3ccccc32)cn1. The molecule has 3 rings (SSSR count). The predicted octanol–water partition coefficient (Wildman–Crippen LogP) is 2.44. The third kappa shape index (κ3) is 2.52. The third-order valence-electron chi connectivity index (χ3n) is 3.61. The fraction of sp³-hybridized carbons (Fsp3) is 0.333. The van der Waals surface area contributed by atoms with Gasteiger partial charge in [0.25, 0.3) is 0 Å². The number of aryl methyl sites for hydroxylation is 1. The fourth-order valence-electron chi connectivity index (χ4n) is 2.58. The molecular formula is C15H18N4O. The lowest BCUT2D eigenvalue weighted by Gasteiger charge is -2.09. The number of anilines is 2. The molecule has 0 spiro atoms. The fourth-order valence-corrected chi connectivity index (χ4v) is 2.58. The van der Waals surface area contributed by atoms with Crippen molar-refractivity contribution >= 4 is 17.3 Å². The summed E-state index contributed by atoms with van der Waals surface area (Å²) in [6.07, 6.45) is 4.02. The van der Waals surface area contributed by atoms with Crippen molar-refractivity contribution in [1.29, 1.82) is 0 Å². The van der Waals surface area contributed by atoms with Crippen LogP contribution in [0.4, 0.5) is 11.4 Å². The number of carbonyl (C=O) groups is 1. The average Bonchev–Trinajstić information content (AvgIpc) is 3.06. The van der Waals surface area contributed by atoms with Gasteiger partial charge >= 0.3 is 0 Å². The van der Waals surface area contributed by atoms with E-state index in [4.69, 9.17) is 0 Å². The summed E-state index contributed by atoms with van der Waals surface area (Å²) in [5, 5.41) is 10.4. The minimum absolute atomic E-state index is 0.0316. The molecule has 1 aliphatic heterocycles. The molecule has 104 valence electrons. The molecule has 0 saturated carbocycles. The maximum atomic E-state index is 12.1. The third-order valence-corrected chi connectivity index (χ3v) is 3.61. The van der Waals surface area contributed by atoms with Gasteiger partial charge in [-0.3, -0.25) is 9.48 Å². The molecule has 0 fully saturated rings. The van der Waals surface area contributed by atoms with E-state index in [0.29, 0.717) is 6.42 Å². The first-order chi connectivity index (χ1) is 9.76. The zero-order valence-electron chi connectivity index (χ0n) is 11.5. The van der Waals surface area contributed by atoms with E-state index >= 15 is 0 Å². The Morgan fingerprint density at radius 3 is 3.15 bits per heavy atom. The van der Waals surface area contributed by atoms with Gasteiger partial charge < -0.3 is 10.6 Å². The van der Waals surface area contributed by atoms with Crippen LogP contribution in [0.2, 0.25) is 0 Å². The first-order valence-corrected chi connectivity index (χ1v) is 6.91. The number of amides is 1. The van der Waals surface area contributed by atoms with Gasteiger partial charge in [-0.05, 0) is 18.6 Å². The number of carbonyl (C=O) groups excluding carboxylic acids is 1. The Morgan fingerprint density at radius 2 is 2.35 bits per heavy atom. The van der Waals surface area contributed by atoms with E-state index in [1.165, 1.54) is 5.56 Å². The van der Waals surface area contributed by atoms with Crippen LogP contribution in [0.1, 0.15) is 24.8 Å². The first kappa shape index (κ1) is 12.7. The molecule has 2 heterocycles. The number of hydrogen-bond donors (Lipinski definition) is 2. The summed E-state index contributed by atoms with van der Waals surface area (Å²) >= 11 is 0. The molecule has 0 radical (unpaired) electrons. The van der Waals surface area contributed by atoms with Crippen molar-refractivity contribution in [1.82, 2.24) is 9.78 Å². The Bertz CT molecular complexity index is 620. The molecule has 20 heavy (non-hydrogen) atoms. The second-order valence-corrected chi connectivity index (χ2v) is 5.00. The van der Waals surface area contributed by atoms with Crippen molar-refractivity contribution in [3.63, 3.8) is 0 Å². The highest BCUT2D eigenvalue weighted by atomic mass is 16.1. The summed E-state index contributed by atoms with van der Waals surface area (Å²) in [5.41, 5.74) is 3.13. The van der Waals surface area contributed by atoms with Gasteiger partial charge in [0.1, 0.15) is 0 Å². The van der Waals surface area contributed by atoms with Crippen molar-refractivity contribution in [2.45, 2.75) is 25.8 Å². The van der Waals surface area contributed by atoms with Crippen LogP contribution in [-0.4, -0.2) is 22.2 Å². The molecule has 0 bridgehead atoms. The standard InChI is InChI=1S/C15H18N4O/c1-2-19-10-12(9-17-19)18-15(20)7-11-8-16-14-6-4-3-5-13(11)14/h3-6,9-11,16H,2,7-8H2,1H3,(H,18,20). The number of hydrogen-bond acceptors (Lipinski definition) is 3. The van der Waals surface area contributed by atoms with E-state index in [9.17, 15) is 4.79 Å². The van der Waals surface area contributed by atoms with Gasteiger partial charge in [0.2, 0.25) is 5.91 Å². The van der Waals surface area contributed by atoms with E-state index in [1.807, 2.05) is 25.3 Å². The minimum atomic E-state index is 0.0316. The molecule has 1 unspecified atom stereocenters. The highest BCUT2D eigenvalue weighted by molar-refractivity contribution is 5.91. The monoisotopic (exact) mass is 270 g/mol. The molecule has 0 saturated heterocycles. The van der Waals surface area contributed by atoms with Gasteiger partial charge in [-0.15, -0.1) is 0 Å². The smallest absolute Gasteiger partial charge is 0.225 e. The largest absolute Gasteiger partial charge is 0.384 e. The van der Waals surface area contributed by atoms with E-state index in [2.05, 4.69) is 27.9 Å². The summed E-state index contributed by atoms with van der Waals surface area (Å²) in [4.78, 5) is 12.1. The Labute approximate surface area is 118 Å². The summed E-state index contributed by atoms with van der Waals surface area (Å²) in [6, 6.07) is 8.16. The van der Waals surface area contributed by atoms with Gasteiger partial charge in [-0.2, -0.15) is 5.10 Å². The number of para-hydroxylation sites is 1. The summed E-state index contributed by atoms with van der Waals surface area (Å²) in [7, 11) is 0. The molecule has 2 aromatic rings. The van der Waals surface area contributed by atoms with Crippen molar-refractivity contribution in [3.05, 3.63) is 42.2 Å². The zero-order valence-corrected chi connectivity index (χ0v) is 11.5. The number of benzene rings is 1. The molecule has 0 aliphatic carbocycles. The quantitative estimate of drug-likeness (QED) is 0.897. The summed E-state index contributed by atoms with van der Waals surface area (Å²) < 4.78 is 1.79. The maximum absolute atomic E-state index is 12.1. The van der Waals surface area contributed by atoms with Crippen LogP contribution in [0.5, 0.6) is 0 Å². The lowest BCUT2D eigenvalue weighted by Crippen LogP contribution is -2.16. The molecule has 5 nitrogen and oxygen atoms in total. The molecule has 5 heteroatoms. The summed E-state index contributed by atoms with van der Waals surface area (Å²) in [5.74, 6) is 0.275. The van der Waals surface area contributed by atoms with Crippen LogP contribution >= 0.6 is 0 Å². The number of rotatable bonds is 4. The van der Waals surface area contributed by atoms with Crippen LogP contribution in [0.3, 0.4) is 0 Å². The number of nitrogens with zero attached hydrogens (tertiary/aromatic N) is 2. The predicted molar refractivity (Wildman–Crippen MR) is 78.8 cm³/mol. The molecule has 2 N–H and O–H groups in total. The second kappa shape index (κ2) is 5.36. The van der Waals surface area contributed by atoms with E-state index in [-0.39, 0.29) is 11.8 Å². The topological polar surface area (TPSA) is 59.0 Å². The Hall–Kier alpha value is -2.30. The number of aromatic nitrogens is 2. The average molecular weight is 270 g/mol. The number of nitrogens with one attached hydrogen (secondary N) is 2. The van der Waals surface area contributed by atoms with Crippen LogP contribution < -0.4 is 10.6 Å². The van der Waals surface area contributed by atoms with Gasteiger partial charge in [0.05, 0.1) is 11.9 Å². The lowest BCUT2D eigenvalue weighted by molar-refractivity contribution is -0.116. The van der Waals surface area contributed by atoms with Crippen LogP contribution in [0, 0.1) is 0 Å². The Kier molecular flexibility index (Phi) is 3.41. The Morgan fingerprint density at radius 1 is 1.50 bits per heavy atom. The molecular weight excluding hydrogens is 252 g/mol. The normalized spacial score (nSPS) is 16.6.